The number of aromatic carboxylic acids is 1. The molecule has 2 rings (SSSR count). The van der Waals surface area contributed by atoms with Gasteiger partial charge in [-0.25, -0.2) is 14.3 Å². The molecule has 0 aliphatic heterocycles. The van der Waals surface area contributed by atoms with Gasteiger partial charge >= 0.3 is 12.1 Å². The highest BCUT2D eigenvalue weighted by molar-refractivity contribution is 5.93. The number of fused-ring (bicyclic) bond motifs is 1. The van der Waals surface area contributed by atoms with E-state index in [-0.39, 0.29) is 5.52 Å². The summed E-state index contributed by atoms with van der Waals surface area (Å²) in [6.45, 7) is 0. The average Bonchev–Trinajstić information content (AvgIpc) is 2.56. The fourth-order valence-electron chi connectivity index (χ4n) is 1.27. The van der Waals surface area contributed by atoms with Crippen molar-refractivity contribution in [2.75, 3.05) is 0 Å². The molecule has 0 aliphatic rings. The lowest BCUT2D eigenvalue weighted by molar-refractivity contribution is -0.146. The summed E-state index contributed by atoms with van der Waals surface area (Å²) in [7, 11) is 0. The molecule has 84 valence electrons. The number of hydrogen-bond donors (Lipinski definition) is 1. The number of hydrogen-bond acceptors (Lipinski definition) is 3. The SMILES string of the molecule is O=C(O)c1nc(C(F)(F)F)n2ncccc12. The molecule has 0 fully saturated rings. The number of halogens is 3. The van der Waals surface area contributed by atoms with Gasteiger partial charge in [-0.3, -0.25) is 0 Å². The number of imidazole rings is 1. The Morgan fingerprint density at radius 3 is 2.69 bits per heavy atom. The molecule has 0 aliphatic carbocycles. The number of carboxylic acid groups (broad SMARTS) is 1. The van der Waals surface area contributed by atoms with E-state index >= 15 is 0 Å². The Labute approximate surface area is 86.1 Å². The number of carboxylic acids is 1. The Morgan fingerprint density at radius 2 is 2.12 bits per heavy atom. The first-order chi connectivity index (χ1) is 7.41. The molecule has 0 atom stereocenters. The molecule has 0 amide bonds. The smallest absolute Gasteiger partial charge is 0.451 e. The summed E-state index contributed by atoms with van der Waals surface area (Å²) in [6.07, 6.45) is -3.62. The maximum atomic E-state index is 12.5. The van der Waals surface area contributed by atoms with Gasteiger partial charge in [0, 0.05) is 6.20 Å². The number of carbonyl (C=O) groups is 1. The summed E-state index contributed by atoms with van der Waals surface area (Å²) in [5.41, 5.74) is -0.859. The van der Waals surface area contributed by atoms with E-state index in [0.717, 1.165) is 6.20 Å². The standard InChI is InChI=1S/C8H4F3N3O2/c9-8(10,11)7-13-5(6(15)16)4-2-1-3-12-14(4)7/h1-3H,(H,15,16). The van der Waals surface area contributed by atoms with E-state index in [1.807, 2.05) is 0 Å². The van der Waals surface area contributed by atoms with Crippen LogP contribution in [-0.4, -0.2) is 25.7 Å². The first-order valence-corrected chi connectivity index (χ1v) is 4.05. The van der Waals surface area contributed by atoms with Gasteiger partial charge in [-0.1, -0.05) is 0 Å². The van der Waals surface area contributed by atoms with Crippen molar-refractivity contribution in [3.8, 4) is 0 Å². The van der Waals surface area contributed by atoms with Crippen molar-refractivity contribution in [3.63, 3.8) is 0 Å². The van der Waals surface area contributed by atoms with Crippen LogP contribution >= 0.6 is 0 Å². The lowest BCUT2D eigenvalue weighted by Gasteiger charge is -2.02. The molecule has 0 radical (unpaired) electrons. The average molecular weight is 231 g/mol. The van der Waals surface area contributed by atoms with E-state index in [1.165, 1.54) is 12.1 Å². The zero-order valence-corrected chi connectivity index (χ0v) is 7.56. The van der Waals surface area contributed by atoms with E-state index in [1.54, 1.807) is 0 Å². The Bertz CT molecular complexity index is 561. The predicted octanol–water partition coefficient (Wildman–Crippen LogP) is 1.45. The monoisotopic (exact) mass is 231 g/mol. The molecule has 8 heteroatoms. The van der Waals surface area contributed by atoms with E-state index in [2.05, 4.69) is 10.1 Å². The summed E-state index contributed by atoms with van der Waals surface area (Å²) in [4.78, 5) is 13.7. The summed E-state index contributed by atoms with van der Waals surface area (Å²) in [6, 6.07) is 2.54. The van der Waals surface area contributed by atoms with Gasteiger partial charge in [0.1, 0.15) is 5.52 Å². The van der Waals surface area contributed by atoms with Gasteiger partial charge in [-0.2, -0.15) is 18.3 Å². The topological polar surface area (TPSA) is 67.5 Å². The van der Waals surface area contributed by atoms with Crippen molar-refractivity contribution in [1.29, 1.82) is 0 Å². The minimum absolute atomic E-state index is 0.192. The fraction of sp³-hybridized carbons (Fsp3) is 0.125. The van der Waals surface area contributed by atoms with Crippen molar-refractivity contribution >= 4 is 11.5 Å². The first-order valence-electron chi connectivity index (χ1n) is 4.05. The second kappa shape index (κ2) is 3.19. The number of alkyl halides is 3. The molecular weight excluding hydrogens is 227 g/mol. The summed E-state index contributed by atoms with van der Waals surface area (Å²) in [5.74, 6) is -2.87. The highest BCUT2D eigenvalue weighted by Gasteiger charge is 2.38. The third-order valence-electron chi connectivity index (χ3n) is 1.87. The number of aromatic nitrogens is 3. The first kappa shape index (κ1) is 10.4. The van der Waals surface area contributed by atoms with Crippen LogP contribution in [0.25, 0.3) is 5.52 Å². The minimum Gasteiger partial charge on any atom is -0.476 e. The normalized spacial score (nSPS) is 11.9. The Balaban J connectivity index is 2.82. The van der Waals surface area contributed by atoms with Crippen LogP contribution < -0.4 is 0 Å². The zero-order chi connectivity index (χ0) is 11.9. The maximum absolute atomic E-state index is 12.5. The van der Waals surface area contributed by atoms with E-state index < -0.39 is 23.7 Å². The molecule has 2 aromatic heterocycles. The van der Waals surface area contributed by atoms with Crippen molar-refractivity contribution in [3.05, 3.63) is 29.8 Å². The molecule has 2 heterocycles. The van der Waals surface area contributed by atoms with Crippen molar-refractivity contribution in [2.24, 2.45) is 0 Å². The van der Waals surface area contributed by atoms with Crippen LogP contribution in [0.5, 0.6) is 0 Å². The second-order valence-electron chi connectivity index (χ2n) is 2.91. The van der Waals surface area contributed by atoms with Gasteiger partial charge < -0.3 is 5.11 Å². The molecule has 0 saturated heterocycles. The third-order valence-corrected chi connectivity index (χ3v) is 1.87. The van der Waals surface area contributed by atoms with E-state index in [9.17, 15) is 18.0 Å². The highest BCUT2D eigenvalue weighted by atomic mass is 19.4. The van der Waals surface area contributed by atoms with Crippen LogP contribution in [0.1, 0.15) is 16.3 Å². The lowest BCUT2D eigenvalue weighted by Crippen LogP contribution is -2.12. The Hall–Kier alpha value is -2.12. The quantitative estimate of drug-likeness (QED) is 0.806. The Morgan fingerprint density at radius 1 is 1.44 bits per heavy atom. The molecule has 2 aromatic rings. The van der Waals surface area contributed by atoms with Gasteiger partial charge in [0.05, 0.1) is 0 Å². The molecule has 5 nitrogen and oxygen atoms in total. The predicted molar refractivity (Wildman–Crippen MR) is 44.9 cm³/mol. The van der Waals surface area contributed by atoms with Crippen molar-refractivity contribution in [2.45, 2.75) is 6.18 Å². The molecule has 0 aromatic carbocycles. The van der Waals surface area contributed by atoms with E-state index in [4.69, 9.17) is 5.11 Å². The molecule has 1 N–H and O–H groups in total. The zero-order valence-electron chi connectivity index (χ0n) is 7.56. The molecule has 0 saturated carbocycles. The van der Waals surface area contributed by atoms with E-state index in [0.29, 0.717) is 4.52 Å². The van der Waals surface area contributed by atoms with Crippen LogP contribution in [-0.2, 0) is 6.18 Å². The van der Waals surface area contributed by atoms with Crippen LogP contribution in [0.15, 0.2) is 18.3 Å². The minimum atomic E-state index is -4.75. The summed E-state index contributed by atoms with van der Waals surface area (Å²) >= 11 is 0. The number of rotatable bonds is 1. The maximum Gasteiger partial charge on any atom is 0.451 e. The van der Waals surface area contributed by atoms with Gasteiger partial charge in [-0.15, -0.1) is 0 Å². The molecule has 0 unspecified atom stereocenters. The molecular formula is C8H4F3N3O2. The summed E-state index contributed by atoms with van der Waals surface area (Å²) < 4.78 is 37.9. The van der Waals surface area contributed by atoms with Gasteiger partial charge in [-0.05, 0) is 12.1 Å². The third kappa shape index (κ3) is 1.47. The van der Waals surface area contributed by atoms with Crippen LogP contribution in [0.4, 0.5) is 13.2 Å². The van der Waals surface area contributed by atoms with Gasteiger partial charge in [0.2, 0.25) is 5.82 Å². The van der Waals surface area contributed by atoms with Crippen LogP contribution in [0.2, 0.25) is 0 Å². The fourth-order valence-corrected chi connectivity index (χ4v) is 1.27. The summed E-state index contributed by atoms with van der Waals surface area (Å²) in [5, 5.41) is 12.1. The lowest BCUT2D eigenvalue weighted by atomic mass is 10.3. The Kier molecular flexibility index (Phi) is 2.07. The molecule has 0 bridgehead atoms. The van der Waals surface area contributed by atoms with Gasteiger partial charge in [0.15, 0.2) is 5.69 Å². The number of nitrogens with zero attached hydrogens (tertiary/aromatic N) is 3. The molecule has 0 spiro atoms. The second-order valence-corrected chi connectivity index (χ2v) is 2.91. The van der Waals surface area contributed by atoms with Crippen LogP contribution in [0.3, 0.4) is 0 Å². The highest BCUT2D eigenvalue weighted by Crippen LogP contribution is 2.29. The van der Waals surface area contributed by atoms with Crippen LogP contribution in [0, 0.1) is 0 Å². The largest absolute Gasteiger partial charge is 0.476 e. The van der Waals surface area contributed by atoms with Gasteiger partial charge in [0.25, 0.3) is 0 Å². The molecule has 16 heavy (non-hydrogen) atoms. The van der Waals surface area contributed by atoms with Crippen molar-refractivity contribution in [1.82, 2.24) is 14.6 Å². The van der Waals surface area contributed by atoms with Crippen molar-refractivity contribution < 1.29 is 23.1 Å².